The molecule has 226 valence electrons. The normalized spacial score (nSPS) is 13.4. The van der Waals surface area contributed by atoms with Crippen LogP contribution in [0.1, 0.15) is 25.0 Å². The summed E-state index contributed by atoms with van der Waals surface area (Å²) in [6.07, 6.45) is 0. The molecule has 0 fully saturated rings. The zero-order valence-electron chi connectivity index (χ0n) is 26.9. The molecule has 0 saturated heterocycles. The second-order valence-electron chi connectivity index (χ2n) is 13.7. The van der Waals surface area contributed by atoms with Gasteiger partial charge in [-0.05, 0) is 89.5 Å². The highest BCUT2D eigenvalue weighted by atomic mass is 16.3. The first-order chi connectivity index (χ1) is 23.6. The maximum Gasteiger partial charge on any atom is 0.139 e. The minimum absolute atomic E-state index is 0.175. The van der Waals surface area contributed by atoms with Gasteiger partial charge in [0, 0.05) is 21.9 Å². The van der Waals surface area contributed by atoms with E-state index in [1.165, 1.54) is 87.8 Å². The quantitative estimate of drug-likeness (QED) is 0.181. The fourth-order valence-electron chi connectivity index (χ4n) is 8.35. The van der Waals surface area contributed by atoms with E-state index >= 15 is 0 Å². The smallest absolute Gasteiger partial charge is 0.139 e. The topological polar surface area (TPSA) is 13.1 Å². The predicted molar refractivity (Wildman–Crippen MR) is 203 cm³/mol. The van der Waals surface area contributed by atoms with Crippen molar-refractivity contribution in [2.24, 2.45) is 0 Å². The van der Waals surface area contributed by atoms with Gasteiger partial charge in [-0.25, -0.2) is 0 Å². The van der Waals surface area contributed by atoms with Crippen LogP contribution in [-0.4, -0.2) is 0 Å². The maximum atomic E-state index is 6.48. The van der Waals surface area contributed by atoms with Gasteiger partial charge in [-0.1, -0.05) is 153 Å². The minimum atomic E-state index is -0.175. The molecule has 8 aromatic carbocycles. The zero-order chi connectivity index (χ0) is 32.0. The van der Waals surface area contributed by atoms with Gasteiger partial charge < -0.3 is 4.42 Å². The SMILES string of the molecule is CC1(C)c2cc(-c3c4ccccc4c(-c4ccc(-c5ccc6ccccc6c5)cc4)c4ccccc34)ccc2-c2oc3ccccc3c21. The van der Waals surface area contributed by atoms with Gasteiger partial charge in [-0.15, -0.1) is 0 Å². The van der Waals surface area contributed by atoms with Gasteiger partial charge in [0.15, 0.2) is 0 Å². The summed E-state index contributed by atoms with van der Waals surface area (Å²) < 4.78 is 6.48. The van der Waals surface area contributed by atoms with E-state index < -0.39 is 0 Å². The van der Waals surface area contributed by atoms with E-state index in [1.807, 2.05) is 0 Å². The standard InChI is InChI=1S/C47H32O/c1-47(2)41-28-34(25-26-39(41)46-45(47)40-17-9-10-18-42(40)48-46)44-37-15-7-5-13-35(37)43(36-14-6-8-16-38(36)44)31-22-19-30(20-23-31)33-24-21-29-11-3-4-12-32(29)27-33/h3-28H,1-2H3. The van der Waals surface area contributed by atoms with Crippen LogP contribution in [-0.2, 0) is 5.41 Å². The van der Waals surface area contributed by atoms with Crippen molar-refractivity contribution < 1.29 is 4.42 Å². The second-order valence-corrected chi connectivity index (χ2v) is 13.7. The third kappa shape index (κ3) is 3.85. The van der Waals surface area contributed by atoms with Gasteiger partial charge in [-0.2, -0.15) is 0 Å². The lowest BCUT2D eigenvalue weighted by atomic mass is 9.79. The van der Waals surface area contributed by atoms with Crippen LogP contribution in [0.3, 0.4) is 0 Å². The molecule has 0 atom stereocenters. The molecule has 0 unspecified atom stereocenters. The monoisotopic (exact) mass is 612 g/mol. The molecule has 1 heterocycles. The lowest BCUT2D eigenvalue weighted by Crippen LogP contribution is -2.15. The number of hydrogen-bond acceptors (Lipinski definition) is 1. The molecule has 0 aliphatic heterocycles. The van der Waals surface area contributed by atoms with Gasteiger partial charge in [0.25, 0.3) is 0 Å². The van der Waals surface area contributed by atoms with Crippen molar-refractivity contribution in [1.29, 1.82) is 0 Å². The first-order valence-electron chi connectivity index (χ1n) is 16.8. The summed E-state index contributed by atoms with van der Waals surface area (Å²) in [6, 6.07) is 57.7. The Morgan fingerprint density at radius 3 is 1.62 bits per heavy atom. The third-order valence-electron chi connectivity index (χ3n) is 10.6. The molecule has 0 radical (unpaired) electrons. The fourth-order valence-corrected chi connectivity index (χ4v) is 8.35. The highest BCUT2D eigenvalue weighted by Crippen LogP contribution is 2.54. The maximum absolute atomic E-state index is 6.48. The molecule has 10 rings (SSSR count). The molecule has 1 nitrogen and oxygen atoms in total. The van der Waals surface area contributed by atoms with Crippen molar-refractivity contribution in [2.75, 3.05) is 0 Å². The Morgan fingerprint density at radius 1 is 0.417 bits per heavy atom. The number of rotatable bonds is 3. The van der Waals surface area contributed by atoms with Crippen molar-refractivity contribution in [3.63, 3.8) is 0 Å². The zero-order valence-corrected chi connectivity index (χ0v) is 26.9. The molecule has 1 aromatic heterocycles. The van der Waals surface area contributed by atoms with Gasteiger partial charge in [0.05, 0.1) is 0 Å². The molecule has 0 N–H and O–H groups in total. The molecule has 1 aliphatic carbocycles. The van der Waals surface area contributed by atoms with Crippen molar-refractivity contribution in [3.8, 4) is 44.7 Å². The highest BCUT2D eigenvalue weighted by Gasteiger charge is 2.40. The Hall–Kier alpha value is -5.92. The van der Waals surface area contributed by atoms with Crippen LogP contribution >= 0.6 is 0 Å². The van der Waals surface area contributed by atoms with E-state index in [1.54, 1.807) is 0 Å². The summed E-state index contributed by atoms with van der Waals surface area (Å²) in [5.74, 6) is 1.01. The molecule has 0 amide bonds. The molecule has 0 bridgehead atoms. The minimum Gasteiger partial charge on any atom is -0.456 e. The Labute approximate surface area is 279 Å². The highest BCUT2D eigenvalue weighted by molar-refractivity contribution is 6.21. The fraction of sp³-hybridized carbons (Fsp3) is 0.0638. The lowest BCUT2D eigenvalue weighted by molar-refractivity contribution is 0.619. The Kier molecular flexibility index (Phi) is 5.69. The van der Waals surface area contributed by atoms with Crippen LogP contribution < -0.4 is 0 Å². The Morgan fingerprint density at radius 2 is 0.938 bits per heavy atom. The van der Waals surface area contributed by atoms with E-state index in [2.05, 4.69) is 172 Å². The van der Waals surface area contributed by atoms with Crippen molar-refractivity contribution in [3.05, 3.63) is 169 Å². The van der Waals surface area contributed by atoms with E-state index in [4.69, 9.17) is 4.42 Å². The average Bonchev–Trinajstić information content (AvgIpc) is 3.63. The van der Waals surface area contributed by atoms with E-state index in [0.717, 1.165) is 11.3 Å². The molecule has 0 spiro atoms. The van der Waals surface area contributed by atoms with Crippen LogP contribution in [0.4, 0.5) is 0 Å². The number of benzene rings is 8. The van der Waals surface area contributed by atoms with Gasteiger partial charge in [-0.3, -0.25) is 0 Å². The molecule has 9 aromatic rings. The van der Waals surface area contributed by atoms with E-state index in [9.17, 15) is 0 Å². The molecular weight excluding hydrogens is 581 g/mol. The molecular formula is C47H32O. The predicted octanol–water partition coefficient (Wildman–Crippen LogP) is 13.2. The molecule has 1 heteroatoms. The Bertz CT molecular complexity index is 2680. The summed E-state index contributed by atoms with van der Waals surface area (Å²) >= 11 is 0. The molecule has 48 heavy (non-hydrogen) atoms. The third-order valence-corrected chi connectivity index (χ3v) is 10.6. The van der Waals surface area contributed by atoms with Crippen LogP contribution in [0.15, 0.2) is 162 Å². The largest absolute Gasteiger partial charge is 0.456 e. The lowest BCUT2D eigenvalue weighted by Gasteiger charge is -2.23. The number of hydrogen-bond donors (Lipinski definition) is 0. The number of para-hydroxylation sites is 1. The van der Waals surface area contributed by atoms with Crippen LogP contribution in [0.2, 0.25) is 0 Å². The first kappa shape index (κ1) is 27.2. The van der Waals surface area contributed by atoms with Crippen LogP contribution in [0.25, 0.3) is 88.0 Å². The first-order valence-corrected chi connectivity index (χ1v) is 16.8. The van der Waals surface area contributed by atoms with Gasteiger partial charge >= 0.3 is 0 Å². The molecule has 1 aliphatic rings. The summed E-state index contributed by atoms with van der Waals surface area (Å²) in [4.78, 5) is 0. The van der Waals surface area contributed by atoms with Crippen LogP contribution in [0, 0.1) is 0 Å². The second kappa shape index (κ2) is 10.0. The van der Waals surface area contributed by atoms with Gasteiger partial charge in [0.2, 0.25) is 0 Å². The summed E-state index contributed by atoms with van der Waals surface area (Å²) in [6.45, 7) is 4.68. The van der Waals surface area contributed by atoms with Crippen LogP contribution in [0.5, 0.6) is 0 Å². The number of fused-ring (bicyclic) bond motifs is 8. The summed E-state index contributed by atoms with van der Waals surface area (Å²) in [7, 11) is 0. The molecule has 0 saturated carbocycles. The summed E-state index contributed by atoms with van der Waals surface area (Å²) in [5.41, 5.74) is 12.1. The van der Waals surface area contributed by atoms with Gasteiger partial charge in [0.1, 0.15) is 11.3 Å². The van der Waals surface area contributed by atoms with Crippen molar-refractivity contribution >= 4 is 43.3 Å². The van der Waals surface area contributed by atoms with E-state index in [0.29, 0.717) is 0 Å². The number of furan rings is 1. The van der Waals surface area contributed by atoms with Crippen molar-refractivity contribution in [1.82, 2.24) is 0 Å². The van der Waals surface area contributed by atoms with Crippen molar-refractivity contribution in [2.45, 2.75) is 19.3 Å². The average molecular weight is 613 g/mol. The van der Waals surface area contributed by atoms with E-state index in [-0.39, 0.29) is 5.41 Å². The summed E-state index contributed by atoms with van der Waals surface area (Å²) in [5, 5.41) is 8.80. The Balaban J connectivity index is 1.15.